The van der Waals surface area contributed by atoms with Gasteiger partial charge in [-0.15, -0.1) is 0 Å². The van der Waals surface area contributed by atoms with Crippen LogP contribution in [0.4, 0.5) is 0 Å². The molecule has 20 heavy (non-hydrogen) atoms. The van der Waals surface area contributed by atoms with Crippen molar-refractivity contribution in [3.05, 3.63) is 62.0 Å². The molecule has 1 nitrogen and oxygen atoms in total. The van der Waals surface area contributed by atoms with E-state index in [2.05, 4.69) is 31.9 Å². The van der Waals surface area contributed by atoms with Crippen LogP contribution < -0.4 is 4.74 Å². The van der Waals surface area contributed by atoms with Crippen LogP contribution in [0.5, 0.6) is 5.75 Å². The number of rotatable bonds is 4. The van der Waals surface area contributed by atoms with Crippen molar-refractivity contribution in [1.82, 2.24) is 0 Å². The van der Waals surface area contributed by atoms with Crippen molar-refractivity contribution < 1.29 is 4.74 Å². The molecule has 0 amide bonds. The summed E-state index contributed by atoms with van der Waals surface area (Å²) in [6.07, 6.45) is 0. The Hall–Kier alpha value is -0.220. The first-order chi connectivity index (χ1) is 9.51. The smallest absolute Gasteiger partial charge is 0.124 e. The third-order valence-electron chi connectivity index (χ3n) is 2.72. The summed E-state index contributed by atoms with van der Waals surface area (Å²) < 4.78 is 6.67. The van der Waals surface area contributed by atoms with E-state index in [-0.39, 0.29) is 4.83 Å². The fourth-order valence-corrected chi connectivity index (χ4v) is 3.45. The normalized spacial score (nSPS) is 12.2. The van der Waals surface area contributed by atoms with Crippen LogP contribution in [0.2, 0.25) is 10.0 Å². The number of halogens is 4. The molecule has 0 radical (unpaired) electrons. The standard InChI is InChI=1S/C15H12Br2Cl2O/c1-2-20-14-4-3-10(16)7-13(14)15(17)9-5-11(18)8-12(19)6-9/h3-8,15H,2H2,1H3. The Kier molecular flexibility index (Phi) is 5.79. The van der Waals surface area contributed by atoms with Gasteiger partial charge in [0.15, 0.2) is 0 Å². The molecule has 0 fully saturated rings. The predicted octanol–water partition coefficient (Wildman–Crippen LogP) is 6.64. The molecule has 0 aliphatic heterocycles. The molecular weight excluding hydrogens is 427 g/mol. The fraction of sp³-hybridized carbons (Fsp3) is 0.200. The molecule has 0 aliphatic carbocycles. The van der Waals surface area contributed by atoms with Crippen LogP contribution in [0.3, 0.4) is 0 Å². The third kappa shape index (κ3) is 3.91. The van der Waals surface area contributed by atoms with Crippen LogP contribution in [0.1, 0.15) is 22.9 Å². The summed E-state index contributed by atoms with van der Waals surface area (Å²) in [4.78, 5) is -0.0438. The first-order valence-electron chi connectivity index (χ1n) is 6.03. The lowest BCUT2D eigenvalue weighted by molar-refractivity contribution is 0.337. The van der Waals surface area contributed by atoms with Gasteiger partial charge in [-0.2, -0.15) is 0 Å². The maximum atomic E-state index is 6.07. The molecule has 106 valence electrons. The zero-order valence-corrected chi connectivity index (χ0v) is 15.4. The fourth-order valence-electron chi connectivity index (χ4n) is 1.91. The Morgan fingerprint density at radius 1 is 1.10 bits per heavy atom. The van der Waals surface area contributed by atoms with Gasteiger partial charge >= 0.3 is 0 Å². The van der Waals surface area contributed by atoms with Gasteiger partial charge in [0.25, 0.3) is 0 Å². The van der Waals surface area contributed by atoms with Gasteiger partial charge in [0.05, 0.1) is 11.4 Å². The number of hydrogen-bond donors (Lipinski definition) is 0. The van der Waals surface area contributed by atoms with E-state index in [0.717, 1.165) is 21.3 Å². The number of hydrogen-bond acceptors (Lipinski definition) is 1. The van der Waals surface area contributed by atoms with Crippen molar-refractivity contribution in [2.75, 3.05) is 6.61 Å². The second-order valence-corrected chi connectivity index (χ2v) is 6.88. The Morgan fingerprint density at radius 3 is 2.35 bits per heavy atom. The zero-order valence-electron chi connectivity index (χ0n) is 10.7. The molecule has 0 saturated carbocycles. The van der Waals surface area contributed by atoms with Crippen molar-refractivity contribution in [1.29, 1.82) is 0 Å². The van der Waals surface area contributed by atoms with Gasteiger partial charge < -0.3 is 4.74 Å². The molecule has 2 aromatic rings. The van der Waals surface area contributed by atoms with E-state index in [9.17, 15) is 0 Å². The maximum absolute atomic E-state index is 6.07. The molecule has 1 atom stereocenters. The van der Waals surface area contributed by atoms with E-state index >= 15 is 0 Å². The Bertz CT molecular complexity index is 597. The van der Waals surface area contributed by atoms with Gasteiger partial charge in [-0.1, -0.05) is 55.1 Å². The minimum absolute atomic E-state index is 0.0438. The summed E-state index contributed by atoms with van der Waals surface area (Å²) in [5.74, 6) is 0.841. The summed E-state index contributed by atoms with van der Waals surface area (Å²) >= 11 is 19.3. The molecule has 1 unspecified atom stereocenters. The van der Waals surface area contributed by atoms with E-state index in [1.165, 1.54) is 0 Å². The summed E-state index contributed by atoms with van der Waals surface area (Å²) in [6.45, 7) is 2.58. The second-order valence-electron chi connectivity index (χ2n) is 4.18. The largest absolute Gasteiger partial charge is 0.494 e. The SMILES string of the molecule is CCOc1ccc(Br)cc1C(Br)c1cc(Cl)cc(Cl)c1. The monoisotopic (exact) mass is 436 g/mol. The molecule has 0 aliphatic rings. The molecule has 0 spiro atoms. The average Bonchev–Trinajstić information content (AvgIpc) is 2.39. The lowest BCUT2D eigenvalue weighted by Gasteiger charge is -2.16. The molecular formula is C15H12Br2Cl2O. The predicted molar refractivity (Wildman–Crippen MR) is 92.5 cm³/mol. The van der Waals surface area contributed by atoms with Crippen LogP contribution in [0.25, 0.3) is 0 Å². The lowest BCUT2D eigenvalue weighted by Crippen LogP contribution is -2.00. The van der Waals surface area contributed by atoms with Crippen LogP contribution >= 0.6 is 55.1 Å². The zero-order chi connectivity index (χ0) is 14.7. The lowest BCUT2D eigenvalue weighted by atomic mass is 10.0. The van der Waals surface area contributed by atoms with Gasteiger partial charge in [0.2, 0.25) is 0 Å². The Morgan fingerprint density at radius 2 is 1.75 bits per heavy atom. The van der Waals surface area contributed by atoms with Crippen LogP contribution in [-0.2, 0) is 0 Å². The van der Waals surface area contributed by atoms with Crippen molar-refractivity contribution in [3.8, 4) is 5.75 Å². The maximum Gasteiger partial charge on any atom is 0.124 e. The van der Waals surface area contributed by atoms with Crippen molar-refractivity contribution in [2.24, 2.45) is 0 Å². The minimum Gasteiger partial charge on any atom is -0.494 e. The molecule has 5 heteroatoms. The molecule has 0 heterocycles. The van der Waals surface area contributed by atoms with Gasteiger partial charge in [-0.25, -0.2) is 0 Å². The highest BCUT2D eigenvalue weighted by atomic mass is 79.9. The average molecular weight is 439 g/mol. The van der Waals surface area contributed by atoms with Crippen LogP contribution in [-0.4, -0.2) is 6.61 Å². The molecule has 0 aromatic heterocycles. The van der Waals surface area contributed by atoms with E-state index in [1.54, 1.807) is 6.07 Å². The second kappa shape index (κ2) is 7.17. The first kappa shape index (κ1) is 16.2. The minimum atomic E-state index is -0.0438. The quantitative estimate of drug-likeness (QED) is 0.486. The summed E-state index contributed by atoms with van der Waals surface area (Å²) in [5.41, 5.74) is 2.01. The van der Waals surface area contributed by atoms with Crippen molar-refractivity contribution in [2.45, 2.75) is 11.8 Å². The molecule has 2 aromatic carbocycles. The van der Waals surface area contributed by atoms with Gasteiger partial charge in [-0.05, 0) is 48.9 Å². The van der Waals surface area contributed by atoms with Gasteiger partial charge in [-0.3, -0.25) is 0 Å². The number of benzene rings is 2. The number of alkyl halides is 1. The molecule has 0 saturated heterocycles. The third-order valence-corrected chi connectivity index (χ3v) is 4.67. The van der Waals surface area contributed by atoms with Crippen LogP contribution in [0.15, 0.2) is 40.9 Å². The van der Waals surface area contributed by atoms with E-state index in [4.69, 9.17) is 27.9 Å². The van der Waals surface area contributed by atoms with E-state index in [0.29, 0.717) is 16.7 Å². The highest BCUT2D eigenvalue weighted by Gasteiger charge is 2.17. The highest BCUT2D eigenvalue weighted by molar-refractivity contribution is 9.10. The van der Waals surface area contributed by atoms with Crippen molar-refractivity contribution in [3.63, 3.8) is 0 Å². The van der Waals surface area contributed by atoms with Gasteiger partial charge in [0.1, 0.15) is 5.75 Å². The topological polar surface area (TPSA) is 9.23 Å². The first-order valence-corrected chi connectivity index (χ1v) is 8.50. The van der Waals surface area contributed by atoms with E-state index < -0.39 is 0 Å². The molecule has 0 N–H and O–H groups in total. The van der Waals surface area contributed by atoms with Crippen molar-refractivity contribution >= 4 is 55.1 Å². The Balaban J connectivity index is 2.46. The van der Waals surface area contributed by atoms with Gasteiger partial charge in [0, 0.05) is 20.1 Å². The molecule has 2 rings (SSSR count). The Labute approximate surface area is 145 Å². The van der Waals surface area contributed by atoms with Crippen LogP contribution in [0, 0.1) is 0 Å². The number of ether oxygens (including phenoxy) is 1. The summed E-state index contributed by atoms with van der Waals surface area (Å²) in [5, 5.41) is 1.23. The highest BCUT2D eigenvalue weighted by Crippen LogP contribution is 2.39. The summed E-state index contributed by atoms with van der Waals surface area (Å²) in [6, 6.07) is 11.4. The molecule has 0 bridgehead atoms. The van der Waals surface area contributed by atoms with E-state index in [1.807, 2.05) is 37.3 Å². The summed E-state index contributed by atoms with van der Waals surface area (Å²) in [7, 11) is 0.